The summed E-state index contributed by atoms with van der Waals surface area (Å²) in [5, 5.41) is 0. The van der Waals surface area contributed by atoms with Crippen molar-refractivity contribution >= 4 is 135 Å². The Bertz CT molecular complexity index is 1960. The van der Waals surface area contributed by atoms with Gasteiger partial charge in [0, 0.05) is 34.4 Å². The second-order valence-electron chi connectivity index (χ2n) is 11.7. The van der Waals surface area contributed by atoms with E-state index in [-0.39, 0.29) is 12.1 Å². The van der Waals surface area contributed by atoms with Crippen molar-refractivity contribution in [2.24, 2.45) is 0 Å². The molecule has 0 amide bonds. The van der Waals surface area contributed by atoms with E-state index in [9.17, 15) is 0 Å². The van der Waals surface area contributed by atoms with E-state index in [0.29, 0.717) is 11.8 Å². The molecule has 0 radical (unpaired) electrons. The average Bonchev–Trinajstić information content (AvgIpc) is 3.14. The Balaban J connectivity index is 0.000000407. The van der Waals surface area contributed by atoms with Crippen molar-refractivity contribution in [1.29, 1.82) is 0 Å². The van der Waals surface area contributed by atoms with Crippen molar-refractivity contribution in [2.45, 2.75) is 12.1 Å². The molecule has 0 aliphatic carbocycles. The Morgan fingerprint density at radius 3 is 0.889 bits per heavy atom. The third-order valence-corrected chi connectivity index (χ3v) is 7.48. The second-order valence-corrected chi connectivity index (χ2v) is 96.5. The van der Waals surface area contributed by atoms with Gasteiger partial charge in [0.2, 0.25) is 12.1 Å². The van der Waals surface area contributed by atoms with Crippen LogP contribution < -0.4 is 9.98 Å². The predicted molar refractivity (Wildman–Crippen MR) is 236 cm³/mol. The molecule has 2 aliphatic rings. The van der Waals surface area contributed by atoms with Gasteiger partial charge < -0.3 is 9.47 Å². The summed E-state index contributed by atoms with van der Waals surface area (Å²) in [6.07, 6.45) is 4.28. The molecule has 0 aromatic heterocycles. The van der Waals surface area contributed by atoms with E-state index in [2.05, 4.69) is 119 Å². The average molecular weight is 1140 g/mol. The van der Waals surface area contributed by atoms with Crippen LogP contribution in [0.5, 0.6) is 0 Å². The van der Waals surface area contributed by atoms with Crippen LogP contribution >= 0.6 is 89.2 Å². The van der Waals surface area contributed by atoms with Gasteiger partial charge in [-0.2, -0.15) is 9.98 Å². The molecule has 5 aromatic carbocycles. The van der Waals surface area contributed by atoms with Crippen molar-refractivity contribution in [3.63, 3.8) is 0 Å². The molecular formula is C38H30Cl10N2O2Sn2. The van der Waals surface area contributed by atoms with Crippen LogP contribution in [0.3, 0.4) is 0 Å². The van der Waals surface area contributed by atoms with E-state index in [1.54, 1.807) is 0 Å². The van der Waals surface area contributed by atoms with E-state index >= 15 is 0 Å². The van der Waals surface area contributed by atoms with Gasteiger partial charge in [-0.3, -0.25) is 0 Å². The molecule has 0 spiro atoms. The summed E-state index contributed by atoms with van der Waals surface area (Å²) in [5.74, 6) is 3.09. The molecule has 0 saturated heterocycles. The third kappa shape index (κ3) is 16.1. The zero-order valence-corrected chi connectivity index (χ0v) is 41.0. The van der Waals surface area contributed by atoms with Crippen molar-refractivity contribution in [3.8, 4) is 0 Å². The number of ether oxygens (including phenoxy) is 2. The molecule has 0 fully saturated rings. The summed E-state index contributed by atoms with van der Waals surface area (Å²) >= 11 is -8.80. The number of rotatable bonds is 6. The summed E-state index contributed by atoms with van der Waals surface area (Å²) < 4.78 is 12.9. The fourth-order valence-corrected chi connectivity index (χ4v) is 5.27. The van der Waals surface area contributed by atoms with Crippen molar-refractivity contribution in [2.75, 3.05) is 0 Å². The molecule has 2 aliphatic heterocycles. The SMILES string of the molecule is C1=C(c2ccccc2)OC(c2ccc(C3=[NH+]C(c4ccccc4)C=C(c4ccccc4)O3)cc2)=[NH+]C1c1ccccc1.[Cl][Sn-]([Cl])([Cl])([Cl])[Cl].[Cl][Sn-]([Cl])([Cl])([Cl])[Cl]. The first kappa shape index (κ1) is 44.1. The van der Waals surface area contributed by atoms with E-state index in [1.807, 2.05) is 48.5 Å². The van der Waals surface area contributed by atoms with Crippen LogP contribution in [-0.2, 0) is 9.47 Å². The Morgan fingerprint density at radius 1 is 0.352 bits per heavy atom. The molecule has 2 unspecified atom stereocenters. The number of hydrogen-bond acceptors (Lipinski definition) is 2. The maximum absolute atomic E-state index is 6.45. The van der Waals surface area contributed by atoms with E-state index < -0.39 is 22.7 Å². The van der Waals surface area contributed by atoms with E-state index in [0.717, 1.165) is 33.8 Å². The number of benzene rings is 5. The van der Waals surface area contributed by atoms with E-state index in [1.165, 1.54) is 11.1 Å². The fraction of sp³-hybridized carbons (Fsp3) is 0.0526. The first-order valence-electron chi connectivity index (χ1n) is 16.1. The van der Waals surface area contributed by atoms with Gasteiger partial charge in [0.05, 0.1) is 11.1 Å². The van der Waals surface area contributed by atoms with Gasteiger partial charge >= 0.3 is 124 Å². The molecule has 2 N–H and O–H groups in total. The molecule has 0 bridgehead atoms. The topological polar surface area (TPSA) is 46.4 Å². The van der Waals surface area contributed by atoms with E-state index in [4.69, 9.17) is 98.7 Å². The zero-order valence-electron chi connectivity index (χ0n) is 27.8. The van der Waals surface area contributed by atoms with Gasteiger partial charge in [-0.1, -0.05) is 121 Å². The summed E-state index contributed by atoms with van der Waals surface area (Å²) in [4.78, 5) is 7.19. The molecule has 16 heteroatoms. The molecular weight excluding hydrogens is 1110 g/mol. The minimum absolute atomic E-state index is 0.0206. The maximum atomic E-state index is 6.45. The molecule has 0 saturated carbocycles. The van der Waals surface area contributed by atoms with Crippen LogP contribution in [0.25, 0.3) is 11.5 Å². The van der Waals surface area contributed by atoms with Crippen molar-refractivity contribution < 1.29 is 19.5 Å². The Hall–Kier alpha value is -0.983. The van der Waals surface area contributed by atoms with Crippen LogP contribution in [0, 0.1) is 0 Å². The van der Waals surface area contributed by atoms with Crippen LogP contribution in [-0.4, -0.2) is 34.5 Å². The molecule has 5 aromatic rings. The Kier molecular flexibility index (Phi) is 15.3. The van der Waals surface area contributed by atoms with Gasteiger partial charge in [-0.25, -0.2) is 0 Å². The Labute approximate surface area is 353 Å². The van der Waals surface area contributed by atoms with Gasteiger partial charge in [-0.05, 0) is 24.3 Å². The van der Waals surface area contributed by atoms with Crippen LogP contribution in [0.4, 0.5) is 0 Å². The number of halogens is 10. The zero-order chi connectivity index (χ0) is 39.0. The van der Waals surface area contributed by atoms with Crippen molar-refractivity contribution in [3.05, 3.63) is 191 Å². The number of hydrogen-bond donors (Lipinski definition) is 2. The Morgan fingerprint density at radius 2 is 0.611 bits per heavy atom. The van der Waals surface area contributed by atoms with Crippen LogP contribution in [0.15, 0.2) is 158 Å². The normalized spacial score (nSPS) is 18.3. The van der Waals surface area contributed by atoms with Crippen molar-refractivity contribution in [1.82, 2.24) is 0 Å². The van der Waals surface area contributed by atoms with Crippen LogP contribution in [0.1, 0.15) is 45.5 Å². The van der Waals surface area contributed by atoms with Crippen LogP contribution in [0.2, 0.25) is 0 Å². The first-order chi connectivity index (χ1) is 25.3. The minimum atomic E-state index is -4.40. The fourth-order valence-electron chi connectivity index (χ4n) is 5.27. The summed E-state index contributed by atoms with van der Waals surface area (Å²) in [6.45, 7) is 0. The third-order valence-electron chi connectivity index (χ3n) is 7.48. The van der Waals surface area contributed by atoms with Gasteiger partial charge in [-0.15, -0.1) is 0 Å². The van der Waals surface area contributed by atoms with Gasteiger partial charge in [0.1, 0.15) is 11.5 Å². The van der Waals surface area contributed by atoms with Gasteiger partial charge in [0.15, 0.2) is 0 Å². The first-order valence-corrected chi connectivity index (χ1v) is 52.2. The molecule has 7 rings (SSSR count). The summed E-state index contributed by atoms with van der Waals surface area (Å²) in [6, 6.07) is 49.5. The molecule has 282 valence electrons. The molecule has 54 heavy (non-hydrogen) atoms. The summed E-state index contributed by atoms with van der Waals surface area (Å²) in [7, 11) is 50.6. The predicted octanol–water partition coefficient (Wildman–Crippen LogP) is 11.1. The quantitative estimate of drug-likeness (QED) is 0.167. The van der Waals surface area contributed by atoms with Gasteiger partial charge in [0.25, 0.3) is 0 Å². The molecule has 4 nitrogen and oxygen atoms in total. The standard InChI is InChI=1S/C38H28N2O2.10ClH.2Sn/c1-5-13-27(14-6-1)33-25-35(29-17-9-3-10-18-29)41-37(39-33)31-21-23-32(24-22-31)38-40-34(28-15-7-2-8-16-28)26-36(42-38)30-19-11-4-12-20-30;;;;;;;;;;;;/h1-26,33-34H;10*1H;;/q;;;;;;;;;;;2*+4/p-8. The second kappa shape index (κ2) is 18.7. The molecule has 2 atom stereocenters. The molecule has 2 heterocycles. The monoisotopic (exact) mass is 1140 g/mol. The summed E-state index contributed by atoms with van der Waals surface area (Å²) in [5.41, 5.74) is 6.33. The number of nitrogens with one attached hydrogen (secondary N) is 2.